The highest BCUT2D eigenvalue weighted by atomic mass is 16.5. The van der Waals surface area contributed by atoms with Gasteiger partial charge in [-0.25, -0.2) is 4.68 Å². The molecule has 9 nitrogen and oxygen atoms in total. The highest BCUT2D eigenvalue weighted by Crippen LogP contribution is 2.24. The van der Waals surface area contributed by atoms with Gasteiger partial charge in [0.2, 0.25) is 11.8 Å². The molecule has 0 aliphatic rings. The molecular formula is C25H26N6O3. The number of fused-ring (bicyclic) bond motifs is 1. The van der Waals surface area contributed by atoms with E-state index in [2.05, 4.69) is 20.6 Å². The first-order valence-electron chi connectivity index (χ1n) is 11.0. The van der Waals surface area contributed by atoms with E-state index in [0.29, 0.717) is 24.2 Å². The number of benzene rings is 2. The van der Waals surface area contributed by atoms with Crippen LogP contribution < -0.4 is 5.32 Å². The van der Waals surface area contributed by atoms with Crippen LogP contribution >= 0.6 is 0 Å². The first-order valence-corrected chi connectivity index (χ1v) is 11.0. The first kappa shape index (κ1) is 23.1. The lowest BCUT2D eigenvalue weighted by Crippen LogP contribution is -2.45. The van der Waals surface area contributed by atoms with Crippen LogP contribution in [0.1, 0.15) is 17.2 Å². The summed E-state index contributed by atoms with van der Waals surface area (Å²) < 4.78 is 6.62. The third-order valence-corrected chi connectivity index (χ3v) is 5.39. The lowest BCUT2D eigenvalue weighted by Gasteiger charge is -2.31. The minimum absolute atomic E-state index is 0.0601. The van der Waals surface area contributed by atoms with E-state index >= 15 is 0 Å². The van der Waals surface area contributed by atoms with Gasteiger partial charge in [0.15, 0.2) is 0 Å². The predicted octanol–water partition coefficient (Wildman–Crippen LogP) is 2.36. The van der Waals surface area contributed by atoms with Crippen LogP contribution in [0.5, 0.6) is 0 Å². The van der Waals surface area contributed by atoms with Gasteiger partial charge in [-0.15, -0.1) is 5.10 Å². The number of hydrogen-bond acceptors (Lipinski definition) is 6. The summed E-state index contributed by atoms with van der Waals surface area (Å²) in [6, 6.07) is 19.7. The van der Waals surface area contributed by atoms with Crippen LogP contribution in [0.4, 0.5) is 0 Å². The average Bonchev–Trinajstić information content (AvgIpc) is 3.28. The molecule has 0 unspecified atom stereocenters. The summed E-state index contributed by atoms with van der Waals surface area (Å²) in [4.78, 5) is 32.8. The zero-order chi connectivity index (χ0) is 23.8. The van der Waals surface area contributed by atoms with Gasteiger partial charge in [-0.3, -0.25) is 14.6 Å². The maximum Gasteiger partial charge on any atom is 0.247 e. The van der Waals surface area contributed by atoms with Gasteiger partial charge in [-0.1, -0.05) is 53.7 Å². The minimum atomic E-state index is -0.881. The second-order valence-corrected chi connectivity index (χ2v) is 7.72. The fourth-order valence-electron chi connectivity index (χ4n) is 3.74. The van der Waals surface area contributed by atoms with E-state index in [0.717, 1.165) is 11.1 Å². The van der Waals surface area contributed by atoms with Crippen LogP contribution in [0, 0.1) is 0 Å². The molecule has 0 aliphatic carbocycles. The first-order chi connectivity index (χ1) is 16.7. The number of methoxy groups -OCH3 is 1. The van der Waals surface area contributed by atoms with Crippen molar-refractivity contribution in [3.63, 3.8) is 0 Å². The molecule has 0 radical (unpaired) electrons. The number of carbonyl (C=O) groups is 2. The van der Waals surface area contributed by atoms with Crippen molar-refractivity contribution < 1.29 is 14.3 Å². The van der Waals surface area contributed by atoms with Gasteiger partial charge in [0.1, 0.15) is 18.1 Å². The van der Waals surface area contributed by atoms with Gasteiger partial charge in [0, 0.05) is 38.2 Å². The fourth-order valence-corrected chi connectivity index (χ4v) is 3.74. The number of para-hydroxylation sites is 1. The topological polar surface area (TPSA) is 102 Å². The molecule has 2 heterocycles. The largest absolute Gasteiger partial charge is 0.383 e. The summed E-state index contributed by atoms with van der Waals surface area (Å²) in [5.41, 5.74) is 2.96. The predicted molar refractivity (Wildman–Crippen MR) is 126 cm³/mol. The quantitative estimate of drug-likeness (QED) is 0.366. The lowest BCUT2D eigenvalue weighted by atomic mass is 10.0. The standard InChI is InChI=1S/C25H26N6O3/c1-34-15-14-27-25(33)24(20-10-7-13-26-16-20)30(17-19-8-3-2-4-9-19)23(32)18-31-22-12-6-5-11-21(22)28-29-31/h2-13,16,24H,14-15,17-18H2,1H3,(H,27,33)/t24-/m1/s1. The summed E-state index contributed by atoms with van der Waals surface area (Å²) >= 11 is 0. The molecule has 9 heteroatoms. The van der Waals surface area contributed by atoms with E-state index in [1.807, 2.05) is 54.6 Å². The van der Waals surface area contributed by atoms with Crippen molar-refractivity contribution in [1.82, 2.24) is 30.2 Å². The van der Waals surface area contributed by atoms with E-state index in [-0.39, 0.29) is 24.9 Å². The van der Waals surface area contributed by atoms with Gasteiger partial charge < -0.3 is 15.0 Å². The van der Waals surface area contributed by atoms with E-state index in [1.165, 1.54) is 0 Å². The molecular weight excluding hydrogens is 432 g/mol. The number of hydrogen-bond donors (Lipinski definition) is 1. The average molecular weight is 459 g/mol. The van der Waals surface area contributed by atoms with Crippen LogP contribution in [0.2, 0.25) is 0 Å². The maximum absolute atomic E-state index is 13.7. The van der Waals surface area contributed by atoms with Crippen LogP contribution in [-0.4, -0.2) is 57.0 Å². The third-order valence-electron chi connectivity index (χ3n) is 5.39. The van der Waals surface area contributed by atoms with Crippen molar-refractivity contribution in [3.8, 4) is 0 Å². The van der Waals surface area contributed by atoms with Crippen molar-refractivity contribution in [2.75, 3.05) is 20.3 Å². The van der Waals surface area contributed by atoms with Gasteiger partial charge in [-0.2, -0.15) is 0 Å². The zero-order valence-corrected chi connectivity index (χ0v) is 18.9. The minimum Gasteiger partial charge on any atom is -0.383 e. The molecule has 1 N–H and O–H groups in total. The number of aromatic nitrogens is 4. The summed E-state index contributed by atoms with van der Waals surface area (Å²) in [5, 5.41) is 11.2. The molecule has 174 valence electrons. The molecule has 2 aromatic carbocycles. The Balaban J connectivity index is 1.69. The summed E-state index contributed by atoms with van der Waals surface area (Å²) in [5.74, 6) is -0.576. The van der Waals surface area contributed by atoms with E-state index in [4.69, 9.17) is 4.74 Å². The maximum atomic E-state index is 13.7. The van der Waals surface area contributed by atoms with Gasteiger partial charge in [0.25, 0.3) is 0 Å². The number of nitrogens with zero attached hydrogens (tertiary/aromatic N) is 5. The normalized spacial score (nSPS) is 11.8. The Morgan fingerprint density at radius 1 is 1.06 bits per heavy atom. The van der Waals surface area contributed by atoms with Crippen molar-refractivity contribution in [2.24, 2.45) is 0 Å². The number of nitrogens with one attached hydrogen (secondary N) is 1. The molecule has 34 heavy (non-hydrogen) atoms. The Labute approximate surface area is 197 Å². The van der Waals surface area contributed by atoms with Gasteiger partial charge in [0.05, 0.1) is 12.1 Å². The summed E-state index contributed by atoms with van der Waals surface area (Å²) in [6.07, 6.45) is 3.24. The second-order valence-electron chi connectivity index (χ2n) is 7.72. The number of pyridine rings is 1. The van der Waals surface area contributed by atoms with E-state index in [9.17, 15) is 9.59 Å². The third kappa shape index (κ3) is 5.44. The van der Waals surface area contributed by atoms with Crippen molar-refractivity contribution in [2.45, 2.75) is 19.1 Å². The van der Waals surface area contributed by atoms with Gasteiger partial charge in [-0.05, 0) is 23.8 Å². The molecule has 4 aromatic rings. The van der Waals surface area contributed by atoms with E-state index < -0.39 is 6.04 Å². The highest BCUT2D eigenvalue weighted by Gasteiger charge is 2.32. The summed E-state index contributed by atoms with van der Waals surface area (Å²) in [7, 11) is 1.57. The van der Waals surface area contributed by atoms with Crippen molar-refractivity contribution in [3.05, 3.63) is 90.3 Å². The Morgan fingerprint density at radius 3 is 2.62 bits per heavy atom. The Bertz CT molecular complexity index is 1230. The second kappa shape index (κ2) is 11.2. The lowest BCUT2D eigenvalue weighted by molar-refractivity contribution is -0.142. The van der Waals surface area contributed by atoms with Crippen molar-refractivity contribution >= 4 is 22.8 Å². The molecule has 0 spiro atoms. The van der Waals surface area contributed by atoms with Gasteiger partial charge >= 0.3 is 0 Å². The molecule has 0 bridgehead atoms. The molecule has 0 aliphatic heterocycles. The Morgan fingerprint density at radius 2 is 1.85 bits per heavy atom. The molecule has 4 rings (SSSR count). The Kier molecular flexibility index (Phi) is 7.56. The molecule has 2 amide bonds. The highest BCUT2D eigenvalue weighted by molar-refractivity contribution is 5.89. The van der Waals surface area contributed by atoms with Crippen LogP contribution in [0.25, 0.3) is 11.0 Å². The zero-order valence-electron chi connectivity index (χ0n) is 18.9. The van der Waals surface area contributed by atoms with E-state index in [1.54, 1.807) is 41.2 Å². The molecule has 2 aromatic heterocycles. The SMILES string of the molecule is COCCNC(=O)[C@@H](c1cccnc1)N(Cc1ccccc1)C(=O)Cn1nnc2ccccc21. The summed E-state index contributed by atoms with van der Waals surface area (Å²) in [6.45, 7) is 0.870. The van der Waals surface area contributed by atoms with Crippen LogP contribution in [-0.2, 0) is 27.4 Å². The number of ether oxygens (including phenoxy) is 1. The van der Waals surface area contributed by atoms with Crippen molar-refractivity contribution in [1.29, 1.82) is 0 Å². The van der Waals surface area contributed by atoms with Crippen LogP contribution in [0.3, 0.4) is 0 Å². The molecule has 1 atom stereocenters. The fraction of sp³-hybridized carbons (Fsp3) is 0.240. The Hall–Kier alpha value is -4.11. The number of rotatable bonds is 10. The number of amides is 2. The smallest absolute Gasteiger partial charge is 0.247 e. The molecule has 0 saturated heterocycles. The number of carbonyl (C=O) groups excluding carboxylic acids is 2. The monoisotopic (exact) mass is 458 g/mol. The van der Waals surface area contributed by atoms with Crippen LogP contribution in [0.15, 0.2) is 79.1 Å². The molecule has 0 saturated carbocycles. The molecule has 0 fully saturated rings.